The first-order valence-corrected chi connectivity index (χ1v) is 15.7. The van der Waals surface area contributed by atoms with Crippen molar-refractivity contribution in [3.63, 3.8) is 0 Å². The quantitative estimate of drug-likeness (QED) is 0.0827. The van der Waals surface area contributed by atoms with E-state index in [1.54, 1.807) is 24.3 Å². The van der Waals surface area contributed by atoms with Crippen molar-refractivity contribution >= 4 is 17.7 Å². The van der Waals surface area contributed by atoms with Crippen LogP contribution in [0, 0.1) is 11.7 Å². The Hall–Kier alpha value is -3.96. The van der Waals surface area contributed by atoms with E-state index >= 15 is 0 Å². The molecule has 0 spiro atoms. The van der Waals surface area contributed by atoms with Crippen LogP contribution < -0.4 is 5.56 Å². The van der Waals surface area contributed by atoms with Crippen molar-refractivity contribution in [3.8, 4) is 11.1 Å². The first kappa shape index (κ1) is 21.9. The molecule has 1 heterocycles. The fourth-order valence-corrected chi connectivity index (χ4v) is 5.49. The number of carbonyl (C=O) groups excluding carboxylic acids is 1. The smallest absolute Gasteiger partial charge is 0.336 e. The number of likely N-dealkylation sites (N-methyl/N-ethyl adjacent to an activating group) is 1. The van der Waals surface area contributed by atoms with E-state index in [0.29, 0.717) is 29.8 Å². The number of halogens is 4. The van der Waals surface area contributed by atoms with Gasteiger partial charge in [0.15, 0.2) is 5.16 Å². The molecule has 0 radical (unpaired) electrons. The van der Waals surface area contributed by atoms with Gasteiger partial charge in [-0.1, -0.05) is 81.0 Å². The number of aromatic nitrogens is 2. The number of hydrogen-bond acceptors (Lipinski definition) is 5. The second-order valence-corrected chi connectivity index (χ2v) is 11.4. The summed E-state index contributed by atoms with van der Waals surface area (Å²) in [5, 5.41) is -1.10. The highest BCUT2D eigenvalue weighted by Gasteiger charge is 2.30. The van der Waals surface area contributed by atoms with Gasteiger partial charge < -0.3 is 14.4 Å². The predicted molar refractivity (Wildman–Crippen MR) is 181 cm³/mol. The molecule has 48 heavy (non-hydrogen) atoms. The summed E-state index contributed by atoms with van der Waals surface area (Å²) in [6.07, 6.45) is -11.0. The topological polar surface area (TPSA) is 58.4 Å². The fourth-order valence-electron chi connectivity index (χ4n) is 4.84. The summed E-state index contributed by atoms with van der Waals surface area (Å²) in [5.74, 6) is -5.88. The van der Waals surface area contributed by atoms with Gasteiger partial charge in [0, 0.05) is 46.2 Å². The third kappa shape index (κ3) is 8.73. The van der Waals surface area contributed by atoms with Crippen molar-refractivity contribution in [3.05, 3.63) is 117 Å². The van der Waals surface area contributed by atoms with Crippen molar-refractivity contribution in [2.75, 3.05) is 26.2 Å². The molecule has 1 aliphatic rings. The highest BCUT2D eigenvalue weighted by Crippen LogP contribution is 2.32. The van der Waals surface area contributed by atoms with Gasteiger partial charge in [-0.15, -0.1) is 0 Å². The number of fused-ring (bicyclic) bond motifs is 1. The van der Waals surface area contributed by atoms with Gasteiger partial charge in [-0.3, -0.25) is 9.59 Å². The Morgan fingerprint density at radius 2 is 1.65 bits per heavy atom. The molecule has 5 rings (SSSR count). The van der Waals surface area contributed by atoms with Crippen LogP contribution in [0.2, 0.25) is 0 Å². The van der Waals surface area contributed by atoms with Crippen LogP contribution in [0.3, 0.4) is 0 Å². The molecule has 3 aromatic carbocycles. The van der Waals surface area contributed by atoms with Gasteiger partial charge in [0.1, 0.15) is 12.3 Å². The van der Waals surface area contributed by atoms with Gasteiger partial charge in [-0.25, -0.2) is 4.39 Å². The summed E-state index contributed by atoms with van der Waals surface area (Å²) in [4.78, 5) is 35.1. The van der Waals surface area contributed by atoms with Crippen LogP contribution in [0.4, 0.5) is 17.6 Å². The maximum absolute atomic E-state index is 14.8. The van der Waals surface area contributed by atoms with Crippen molar-refractivity contribution in [2.24, 2.45) is 5.89 Å². The Labute approximate surface area is 301 Å². The standard InChI is InChI=1S/C37H40F4N4O2S/c1-4-43(5-2)18-19-44(22-26-6-10-28(11-7-26)29-12-14-30(15-13-29)37(39,40)41)34(46)23-45-33-21-25(3)20-32(33)35(47)42-36(45)48-24-27-8-16-31(38)17-9-27/h6-17,25H,4-5,18-24H2,1-3H3/i8D,9D,16D,17D,20D2,21D2,23D2,24D2,25D. The van der Waals surface area contributed by atoms with E-state index in [1.807, 2.05) is 18.7 Å². The number of nitrogens with zero attached hydrogens (tertiary/aromatic N) is 4. The minimum Gasteiger partial charge on any atom is -0.336 e. The lowest BCUT2D eigenvalue weighted by Crippen LogP contribution is -2.40. The molecule has 0 saturated heterocycles. The number of hydrogen-bond donors (Lipinski definition) is 0. The van der Waals surface area contributed by atoms with E-state index in [0.717, 1.165) is 24.0 Å². The van der Waals surface area contributed by atoms with E-state index in [2.05, 4.69) is 4.98 Å². The van der Waals surface area contributed by atoms with Crippen molar-refractivity contribution in [1.29, 1.82) is 0 Å². The van der Waals surface area contributed by atoms with E-state index < -0.39 is 106 Å². The molecule has 1 aromatic heterocycles. The second-order valence-electron chi connectivity index (χ2n) is 10.7. The van der Waals surface area contributed by atoms with Crippen LogP contribution in [0.25, 0.3) is 11.1 Å². The SMILES string of the molecule is [2H]c1c([2H])c(C([2H])([2H])Sc2nc(=O)c3c(n2C([2H])([2H])C(=O)N(CCN(CC)CC)Cc2ccc(-c4ccc(C(F)(F)F)cc4)cc2)C([2H])([2H])C([2H])(C)C3([2H])[2H])c([2H])c([2H])c1F. The third-order valence-electron chi connectivity index (χ3n) is 7.47. The molecule has 1 amide bonds. The molecule has 0 fully saturated rings. The number of amides is 1. The summed E-state index contributed by atoms with van der Waals surface area (Å²) in [5.41, 5.74) is -7.59. The number of thioether (sulfide) groups is 1. The molecular formula is C37H40F4N4O2S. The first-order chi connectivity index (χ1) is 28.0. The van der Waals surface area contributed by atoms with Gasteiger partial charge in [0.2, 0.25) is 5.91 Å². The molecule has 11 heteroatoms. The number of carbonyl (C=O) groups is 1. The fraction of sp³-hybridized carbons (Fsp3) is 0.378. The number of rotatable bonds is 13. The molecule has 4 aromatic rings. The van der Waals surface area contributed by atoms with Gasteiger partial charge in [-0.05, 0) is 78.2 Å². The molecule has 1 aliphatic carbocycles. The minimum absolute atomic E-state index is 0.172. The van der Waals surface area contributed by atoms with Crippen molar-refractivity contribution in [1.82, 2.24) is 19.4 Å². The first-order valence-electron chi connectivity index (χ1n) is 21.4. The van der Waals surface area contributed by atoms with E-state index in [-0.39, 0.29) is 36.0 Å². The van der Waals surface area contributed by atoms with Gasteiger partial charge >= 0.3 is 6.18 Å². The monoisotopic (exact) mass is 693 g/mol. The summed E-state index contributed by atoms with van der Waals surface area (Å²) in [6.45, 7) is 1.61. The Balaban J connectivity index is 1.68. The Bertz CT molecular complexity index is 2370. The second kappa shape index (κ2) is 15.5. The van der Waals surface area contributed by atoms with E-state index in [9.17, 15) is 29.9 Å². The van der Waals surface area contributed by atoms with Crippen LogP contribution >= 0.6 is 11.8 Å². The number of benzene rings is 3. The zero-order chi connectivity index (χ0) is 46.0. The maximum Gasteiger partial charge on any atom is 0.416 e. The van der Waals surface area contributed by atoms with Gasteiger partial charge in [-0.2, -0.15) is 18.2 Å². The summed E-state index contributed by atoms with van der Waals surface area (Å²) < 4.78 is 167. The third-order valence-corrected chi connectivity index (χ3v) is 8.23. The summed E-state index contributed by atoms with van der Waals surface area (Å²) in [6, 6.07) is 5.80. The lowest BCUT2D eigenvalue weighted by Gasteiger charge is -2.28. The normalized spacial score (nSPS) is 22.5. The molecule has 0 aliphatic heterocycles. The zero-order valence-electron chi connectivity index (χ0n) is 39.2. The largest absolute Gasteiger partial charge is 0.416 e. The highest BCUT2D eigenvalue weighted by atomic mass is 32.2. The lowest BCUT2D eigenvalue weighted by atomic mass is 10.0. The van der Waals surface area contributed by atoms with Crippen LogP contribution in [-0.4, -0.2) is 51.4 Å². The Morgan fingerprint density at radius 1 is 1.02 bits per heavy atom. The molecule has 254 valence electrons. The highest BCUT2D eigenvalue weighted by molar-refractivity contribution is 7.98. The van der Waals surface area contributed by atoms with Crippen LogP contribution in [0.1, 0.15) is 66.5 Å². The van der Waals surface area contributed by atoms with E-state index in [4.69, 9.17) is 15.1 Å². The summed E-state index contributed by atoms with van der Waals surface area (Å²) in [7, 11) is 0. The number of alkyl halides is 3. The van der Waals surface area contributed by atoms with Crippen molar-refractivity contribution in [2.45, 2.75) is 63.6 Å². The Kier molecular flexibility index (Phi) is 7.07. The maximum atomic E-state index is 14.8. The Morgan fingerprint density at radius 3 is 2.25 bits per heavy atom. The predicted octanol–water partition coefficient (Wildman–Crippen LogP) is 7.47. The minimum atomic E-state index is -4.54. The molecule has 1 atom stereocenters. The van der Waals surface area contributed by atoms with Crippen LogP contribution in [0.15, 0.2) is 82.7 Å². The average molecular weight is 694 g/mol. The zero-order valence-corrected chi connectivity index (χ0v) is 27.0. The van der Waals surface area contributed by atoms with Gasteiger partial charge in [0.25, 0.3) is 5.56 Å². The van der Waals surface area contributed by atoms with Gasteiger partial charge in [0.05, 0.1) is 13.8 Å². The molecule has 0 bridgehead atoms. The molecule has 1 unspecified atom stereocenters. The van der Waals surface area contributed by atoms with Crippen LogP contribution in [0.5, 0.6) is 0 Å². The van der Waals surface area contributed by atoms with Crippen LogP contribution in [-0.2, 0) is 42.5 Å². The molecule has 6 nitrogen and oxygen atoms in total. The molecular weight excluding hydrogens is 640 g/mol. The van der Waals surface area contributed by atoms with E-state index in [1.165, 1.54) is 12.1 Å². The molecule has 0 N–H and O–H groups in total. The average Bonchev–Trinajstić information content (AvgIpc) is 3.28. The van der Waals surface area contributed by atoms with Crippen molar-refractivity contribution < 1.29 is 40.2 Å². The lowest BCUT2D eigenvalue weighted by molar-refractivity contribution is -0.137. The molecule has 0 saturated carbocycles. The summed E-state index contributed by atoms with van der Waals surface area (Å²) >= 11 is -0.230.